The number of aryl methyl sites for hydroxylation is 2. The fourth-order valence-corrected chi connectivity index (χ4v) is 3.24. The molecule has 2 amide bonds. The van der Waals surface area contributed by atoms with Crippen molar-refractivity contribution >= 4 is 23.2 Å². The van der Waals surface area contributed by atoms with Crippen LogP contribution in [0.5, 0.6) is 0 Å². The Hall–Kier alpha value is -2.83. The van der Waals surface area contributed by atoms with Gasteiger partial charge in [0.05, 0.1) is 17.5 Å². The van der Waals surface area contributed by atoms with Gasteiger partial charge in [-0.1, -0.05) is 32.0 Å². The molecule has 2 N–H and O–H groups in total. The number of para-hydroxylation sites is 1. The summed E-state index contributed by atoms with van der Waals surface area (Å²) in [5, 5.41) is 5.15. The van der Waals surface area contributed by atoms with Crippen molar-refractivity contribution in [3.05, 3.63) is 58.9 Å². The molecule has 0 spiro atoms. The van der Waals surface area contributed by atoms with Crippen LogP contribution >= 0.6 is 0 Å². The van der Waals surface area contributed by atoms with E-state index in [0.717, 1.165) is 41.8 Å². The monoisotopic (exact) mass is 390 g/mol. The van der Waals surface area contributed by atoms with Crippen LogP contribution in [0.2, 0.25) is 0 Å². The highest BCUT2D eigenvalue weighted by atomic mass is 19.2. The Morgan fingerprint density at radius 3 is 2.04 bits per heavy atom. The average molecular weight is 390 g/mol. The zero-order chi connectivity index (χ0) is 20.4. The highest BCUT2D eigenvalue weighted by Gasteiger charge is 2.48. The van der Waals surface area contributed by atoms with Crippen molar-refractivity contribution in [3.8, 4) is 0 Å². The summed E-state index contributed by atoms with van der Waals surface area (Å²) in [7, 11) is 0. The molecule has 0 heterocycles. The minimum Gasteiger partial charge on any atom is -0.325 e. The third-order valence-electron chi connectivity index (χ3n) is 5.00. The topological polar surface area (TPSA) is 58.2 Å². The molecule has 0 saturated heterocycles. The largest absolute Gasteiger partial charge is 0.325 e. The van der Waals surface area contributed by atoms with Crippen molar-refractivity contribution < 1.29 is 22.8 Å². The van der Waals surface area contributed by atoms with Gasteiger partial charge in [-0.3, -0.25) is 9.59 Å². The van der Waals surface area contributed by atoms with Crippen molar-refractivity contribution in [2.45, 2.75) is 33.1 Å². The Bertz CT molecular complexity index is 908. The third-order valence-corrected chi connectivity index (χ3v) is 5.00. The molecular weight excluding hydrogens is 369 g/mol. The summed E-state index contributed by atoms with van der Waals surface area (Å²) in [5.41, 5.74) is 2.35. The van der Waals surface area contributed by atoms with E-state index < -0.39 is 40.9 Å². The summed E-state index contributed by atoms with van der Waals surface area (Å²) in [5.74, 6) is -6.48. The molecule has 4 nitrogen and oxygen atoms in total. The highest BCUT2D eigenvalue weighted by molar-refractivity contribution is 6.03. The number of hydrogen-bond acceptors (Lipinski definition) is 2. The molecule has 0 bridgehead atoms. The predicted molar refractivity (Wildman–Crippen MR) is 100 cm³/mol. The molecule has 1 saturated carbocycles. The SMILES string of the molecule is CCc1cccc(CC)c1NC(=O)C1CC1C(=O)Nc1ccc(F)c(F)c1F. The molecule has 2 atom stereocenters. The number of carbonyl (C=O) groups is 2. The van der Waals surface area contributed by atoms with Crippen LogP contribution in [-0.2, 0) is 22.4 Å². The second-order valence-corrected chi connectivity index (χ2v) is 6.81. The molecular formula is C21H21F3N2O2. The van der Waals surface area contributed by atoms with Crippen molar-refractivity contribution in [1.82, 2.24) is 0 Å². The minimum absolute atomic E-state index is 0.276. The van der Waals surface area contributed by atoms with Gasteiger partial charge >= 0.3 is 0 Å². The lowest BCUT2D eigenvalue weighted by Crippen LogP contribution is -2.22. The van der Waals surface area contributed by atoms with E-state index in [9.17, 15) is 22.8 Å². The van der Waals surface area contributed by atoms with E-state index in [1.165, 1.54) is 0 Å². The normalized spacial score (nSPS) is 17.9. The lowest BCUT2D eigenvalue weighted by Gasteiger charge is -2.14. The van der Waals surface area contributed by atoms with E-state index in [-0.39, 0.29) is 5.91 Å². The van der Waals surface area contributed by atoms with Gasteiger partial charge in [0.25, 0.3) is 0 Å². The van der Waals surface area contributed by atoms with Crippen LogP contribution < -0.4 is 10.6 Å². The minimum atomic E-state index is -1.65. The zero-order valence-electron chi connectivity index (χ0n) is 15.6. The Morgan fingerprint density at radius 2 is 1.46 bits per heavy atom. The number of anilines is 2. The quantitative estimate of drug-likeness (QED) is 0.717. The lowest BCUT2D eigenvalue weighted by molar-refractivity contribution is -0.122. The maximum Gasteiger partial charge on any atom is 0.228 e. The van der Waals surface area contributed by atoms with Gasteiger partial charge in [0.1, 0.15) is 0 Å². The zero-order valence-corrected chi connectivity index (χ0v) is 15.6. The number of carbonyl (C=O) groups excluding carboxylic acids is 2. The van der Waals surface area contributed by atoms with E-state index >= 15 is 0 Å². The van der Waals surface area contributed by atoms with Gasteiger partial charge < -0.3 is 10.6 Å². The van der Waals surface area contributed by atoms with Crippen LogP contribution in [-0.4, -0.2) is 11.8 Å². The summed E-state index contributed by atoms with van der Waals surface area (Å²) in [6, 6.07) is 7.51. The molecule has 1 aliphatic carbocycles. The second kappa shape index (κ2) is 8.04. The Labute approximate surface area is 161 Å². The van der Waals surface area contributed by atoms with E-state index in [0.29, 0.717) is 6.42 Å². The molecule has 28 heavy (non-hydrogen) atoms. The molecule has 3 rings (SSSR count). The number of nitrogens with one attached hydrogen (secondary N) is 2. The molecule has 0 radical (unpaired) electrons. The van der Waals surface area contributed by atoms with Gasteiger partial charge in [-0.05, 0) is 42.5 Å². The van der Waals surface area contributed by atoms with Crippen LogP contribution in [0.25, 0.3) is 0 Å². The molecule has 2 unspecified atom stereocenters. The van der Waals surface area contributed by atoms with Crippen LogP contribution in [0.15, 0.2) is 30.3 Å². The van der Waals surface area contributed by atoms with Crippen LogP contribution in [0.3, 0.4) is 0 Å². The maximum absolute atomic E-state index is 13.7. The number of amides is 2. The maximum atomic E-state index is 13.7. The van der Waals surface area contributed by atoms with Crippen LogP contribution in [0, 0.1) is 29.3 Å². The fraction of sp³-hybridized carbons (Fsp3) is 0.333. The Kier molecular flexibility index (Phi) is 5.72. The van der Waals surface area contributed by atoms with Gasteiger partial charge in [-0.25, -0.2) is 13.2 Å². The van der Waals surface area contributed by atoms with E-state index in [4.69, 9.17) is 0 Å². The van der Waals surface area contributed by atoms with Crippen LogP contribution in [0.4, 0.5) is 24.5 Å². The van der Waals surface area contributed by atoms with Crippen molar-refractivity contribution in [2.24, 2.45) is 11.8 Å². The standard InChI is InChI=1S/C21H21F3N2O2/c1-3-11-6-5-7-12(4-2)19(11)26-21(28)14-10-13(14)20(27)25-16-9-8-15(22)17(23)18(16)24/h5-9,13-14H,3-4,10H2,1-2H3,(H,25,27)(H,26,28). The molecule has 1 fully saturated rings. The van der Waals surface area contributed by atoms with Crippen molar-refractivity contribution in [3.63, 3.8) is 0 Å². The van der Waals surface area contributed by atoms with Gasteiger partial charge in [-0.2, -0.15) is 0 Å². The molecule has 0 aliphatic heterocycles. The first kappa shape index (κ1) is 19.9. The number of hydrogen-bond donors (Lipinski definition) is 2. The summed E-state index contributed by atoms with van der Waals surface area (Å²) < 4.78 is 40.0. The number of rotatable bonds is 6. The smallest absolute Gasteiger partial charge is 0.228 e. The van der Waals surface area contributed by atoms with Gasteiger partial charge in [-0.15, -0.1) is 0 Å². The predicted octanol–water partition coefficient (Wildman–Crippen LogP) is 4.44. The highest BCUT2D eigenvalue weighted by Crippen LogP contribution is 2.41. The summed E-state index contributed by atoms with van der Waals surface area (Å²) in [4.78, 5) is 24.8. The first-order valence-corrected chi connectivity index (χ1v) is 9.23. The van der Waals surface area contributed by atoms with Crippen molar-refractivity contribution in [2.75, 3.05) is 10.6 Å². The van der Waals surface area contributed by atoms with E-state index in [2.05, 4.69) is 10.6 Å². The Balaban J connectivity index is 1.66. The first-order chi connectivity index (χ1) is 13.4. The number of halogens is 3. The van der Waals surface area contributed by atoms with E-state index in [1.807, 2.05) is 32.0 Å². The second-order valence-electron chi connectivity index (χ2n) is 6.81. The first-order valence-electron chi connectivity index (χ1n) is 9.23. The summed E-state index contributed by atoms with van der Waals surface area (Å²) in [6.07, 6.45) is 1.83. The summed E-state index contributed by atoms with van der Waals surface area (Å²) in [6.45, 7) is 3.99. The molecule has 148 valence electrons. The number of benzene rings is 2. The molecule has 1 aliphatic rings. The average Bonchev–Trinajstić information content (AvgIpc) is 3.49. The molecule has 2 aromatic carbocycles. The van der Waals surface area contributed by atoms with E-state index in [1.54, 1.807) is 0 Å². The van der Waals surface area contributed by atoms with Gasteiger partial charge in [0.15, 0.2) is 17.5 Å². The lowest BCUT2D eigenvalue weighted by atomic mass is 10.0. The molecule has 7 heteroatoms. The Morgan fingerprint density at radius 1 is 0.893 bits per heavy atom. The van der Waals surface area contributed by atoms with Gasteiger partial charge in [0, 0.05) is 5.69 Å². The molecule has 2 aromatic rings. The van der Waals surface area contributed by atoms with Gasteiger partial charge in [0.2, 0.25) is 11.8 Å². The third kappa shape index (κ3) is 3.88. The summed E-state index contributed by atoms with van der Waals surface area (Å²) >= 11 is 0. The van der Waals surface area contributed by atoms with Crippen LogP contribution in [0.1, 0.15) is 31.4 Å². The van der Waals surface area contributed by atoms with Crippen molar-refractivity contribution in [1.29, 1.82) is 0 Å². The molecule has 0 aromatic heterocycles. The fourth-order valence-electron chi connectivity index (χ4n) is 3.24.